The van der Waals surface area contributed by atoms with Crippen LogP contribution < -0.4 is 21.1 Å². The van der Waals surface area contributed by atoms with Gasteiger partial charge in [0.05, 0.1) is 20.0 Å². The summed E-state index contributed by atoms with van der Waals surface area (Å²) in [6, 6.07) is 15.9. The molecular formula is C26H31N7O2. The number of nitrogens with two attached hydrogens (primary N) is 1. The zero-order chi connectivity index (χ0) is 24.2. The van der Waals surface area contributed by atoms with Crippen LogP contribution in [0.3, 0.4) is 0 Å². The number of benzene rings is 2. The van der Waals surface area contributed by atoms with Crippen molar-refractivity contribution in [3.05, 3.63) is 66.0 Å². The molecule has 5 rings (SSSR count). The van der Waals surface area contributed by atoms with Gasteiger partial charge in [0.15, 0.2) is 17.0 Å². The molecule has 1 aliphatic rings. The van der Waals surface area contributed by atoms with E-state index in [0.29, 0.717) is 41.7 Å². The Balaban J connectivity index is 1.46. The lowest BCUT2D eigenvalue weighted by Crippen LogP contribution is -2.33. The van der Waals surface area contributed by atoms with Gasteiger partial charge in [-0.15, -0.1) is 0 Å². The Hall–Kier alpha value is -3.85. The second-order valence-corrected chi connectivity index (χ2v) is 9.03. The number of aromatic nitrogens is 4. The van der Waals surface area contributed by atoms with Crippen molar-refractivity contribution in [2.75, 3.05) is 17.7 Å². The number of fused-ring (bicyclic) bond motifs is 1. The van der Waals surface area contributed by atoms with Crippen molar-refractivity contribution in [2.45, 2.75) is 50.9 Å². The maximum Gasteiger partial charge on any atom is 0.227 e. The predicted octanol–water partition coefficient (Wildman–Crippen LogP) is 3.88. The zero-order valence-corrected chi connectivity index (χ0v) is 19.8. The molecule has 1 fully saturated rings. The van der Waals surface area contributed by atoms with Crippen LogP contribution >= 0.6 is 0 Å². The highest BCUT2D eigenvalue weighted by Gasteiger charge is 2.21. The summed E-state index contributed by atoms with van der Waals surface area (Å²) in [6.45, 7) is 1.01. The molecule has 2 heterocycles. The lowest BCUT2D eigenvalue weighted by molar-refractivity contribution is 0.410. The molecular weight excluding hydrogens is 442 g/mol. The Kier molecular flexibility index (Phi) is 6.67. The van der Waals surface area contributed by atoms with Crippen molar-refractivity contribution >= 4 is 22.9 Å². The summed E-state index contributed by atoms with van der Waals surface area (Å²) in [4.78, 5) is 14.2. The second kappa shape index (κ2) is 10.2. The van der Waals surface area contributed by atoms with E-state index in [4.69, 9.17) is 20.4 Å². The summed E-state index contributed by atoms with van der Waals surface area (Å²) in [5.74, 6) is 2.04. The standard InChI is InChI=1S/C26H31N7O2/c1-35-21-11-12-22(34)18(13-21)14-28-24-23-25(33(16-29-23)15-17-5-3-2-4-6-17)32-26(31-24)30-20-9-7-19(27)8-10-20/h2-6,11-13,16,19-20,34H,7-10,14-15,27H2,1H3,(H2,28,30,31,32). The summed E-state index contributed by atoms with van der Waals surface area (Å²) >= 11 is 0. The first-order valence-corrected chi connectivity index (χ1v) is 12.0. The van der Waals surface area contributed by atoms with Crippen molar-refractivity contribution in [3.63, 3.8) is 0 Å². The smallest absolute Gasteiger partial charge is 0.227 e. The van der Waals surface area contributed by atoms with Gasteiger partial charge in [0.2, 0.25) is 5.95 Å². The fourth-order valence-electron chi connectivity index (χ4n) is 4.48. The first-order valence-electron chi connectivity index (χ1n) is 12.0. The first kappa shape index (κ1) is 22.9. The number of rotatable bonds is 8. The molecule has 0 amide bonds. The van der Waals surface area contributed by atoms with E-state index in [2.05, 4.69) is 27.8 Å². The van der Waals surface area contributed by atoms with E-state index in [1.54, 1.807) is 31.6 Å². The van der Waals surface area contributed by atoms with Gasteiger partial charge < -0.3 is 30.8 Å². The van der Waals surface area contributed by atoms with Gasteiger partial charge in [0.1, 0.15) is 11.5 Å². The van der Waals surface area contributed by atoms with Gasteiger partial charge in [0.25, 0.3) is 0 Å². The van der Waals surface area contributed by atoms with Gasteiger partial charge in [-0.3, -0.25) is 0 Å². The van der Waals surface area contributed by atoms with E-state index in [9.17, 15) is 5.11 Å². The van der Waals surface area contributed by atoms with Crippen LogP contribution in [0.2, 0.25) is 0 Å². The Morgan fingerprint density at radius 2 is 1.89 bits per heavy atom. The van der Waals surface area contributed by atoms with E-state index in [-0.39, 0.29) is 17.8 Å². The van der Waals surface area contributed by atoms with Crippen molar-refractivity contribution in [3.8, 4) is 11.5 Å². The number of phenolic OH excluding ortho intramolecular Hbond substituents is 1. The van der Waals surface area contributed by atoms with E-state index in [1.807, 2.05) is 22.8 Å². The number of nitrogens with zero attached hydrogens (tertiary/aromatic N) is 4. The molecule has 0 atom stereocenters. The molecule has 0 bridgehead atoms. The SMILES string of the molecule is COc1ccc(O)c(CNc2nc(NC3CCC(N)CC3)nc3c2ncn3Cc2ccccc2)c1. The number of hydrogen-bond donors (Lipinski definition) is 4. The maximum absolute atomic E-state index is 10.3. The number of hydrogen-bond acceptors (Lipinski definition) is 8. The lowest BCUT2D eigenvalue weighted by Gasteiger charge is -2.26. The van der Waals surface area contributed by atoms with Crippen molar-refractivity contribution in [2.24, 2.45) is 5.73 Å². The quantitative estimate of drug-likeness (QED) is 0.304. The molecule has 9 nitrogen and oxygen atoms in total. The Labute approximate surface area is 204 Å². The van der Waals surface area contributed by atoms with Gasteiger partial charge in [-0.05, 0) is 49.4 Å². The van der Waals surface area contributed by atoms with Crippen molar-refractivity contribution in [1.29, 1.82) is 0 Å². The van der Waals surface area contributed by atoms with Crippen LogP contribution in [0.1, 0.15) is 36.8 Å². The number of methoxy groups -OCH3 is 1. The van der Waals surface area contributed by atoms with Crippen LogP contribution in [-0.4, -0.2) is 43.8 Å². The van der Waals surface area contributed by atoms with Crippen LogP contribution in [-0.2, 0) is 13.1 Å². The summed E-state index contributed by atoms with van der Waals surface area (Å²) < 4.78 is 7.33. The first-order chi connectivity index (χ1) is 17.1. The van der Waals surface area contributed by atoms with E-state index in [1.165, 1.54) is 0 Å². The Bertz CT molecular complexity index is 1280. The highest BCUT2D eigenvalue weighted by molar-refractivity contribution is 5.84. The molecule has 2 aromatic carbocycles. The molecule has 4 aromatic rings. The van der Waals surface area contributed by atoms with Gasteiger partial charge in [-0.25, -0.2) is 4.98 Å². The number of imidazole rings is 1. The highest BCUT2D eigenvalue weighted by atomic mass is 16.5. The third-order valence-corrected chi connectivity index (χ3v) is 6.50. The molecule has 5 N–H and O–H groups in total. The van der Waals surface area contributed by atoms with Crippen LogP contribution in [0.4, 0.5) is 11.8 Å². The topological polar surface area (TPSA) is 123 Å². The molecule has 0 saturated heterocycles. The molecule has 0 radical (unpaired) electrons. The second-order valence-electron chi connectivity index (χ2n) is 9.03. The largest absolute Gasteiger partial charge is 0.508 e. The normalized spacial score (nSPS) is 17.9. The third kappa shape index (κ3) is 5.30. The summed E-state index contributed by atoms with van der Waals surface area (Å²) in [5, 5.41) is 17.2. The van der Waals surface area contributed by atoms with E-state index in [0.717, 1.165) is 36.9 Å². The lowest BCUT2D eigenvalue weighted by atomic mass is 9.92. The maximum atomic E-state index is 10.3. The van der Waals surface area contributed by atoms with Gasteiger partial charge >= 0.3 is 0 Å². The number of ether oxygens (including phenoxy) is 1. The minimum absolute atomic E-state index is 0.190. The summed E-state index contributed by atoms with van der Waals surface area (Å²) in [5.41, 5.74) is 9.38. The molecule has 0 unspecified atom stereocenters. The fourth-order valence-corrected chi connectivity index (χ4v) is 4.48. The minimum Gasteiger partial charge on any atom is -0.508 e. The molecule has 9 heteroatoms. The van der Waals surface area contributed by atoms with Crippen LogP contribution in [0.5, 0.6) is 11.5 Å². The molecule has 35 heavy (non-hydrogen) atoms. The Morgan fingerprint density at radius 3 is 2.66 bits per heavy atom. The van der Waals surface area contributed by atoms with Gasteiger partial charge in [-0.2, -0.15) is 9.97 Å². The van der Waals surface area contributed by atoms with Crippen molar-refractivity contribution < 1.29 is 9.84 Å². The van der Waals surface area contributed by atoms with Crippen molar-refractivity contribution in [1.82, 2.24) is 19.5 Å². The van der Waals surface area contributed by atoms with Gasteiger partial charge in [-0.1, -0.05) is 30.3 Å². The average Bonchev–Trinajstić information content (AvgIpc) is 3.28. The fraction of sp³-hybridized carbons (Fsp3) is 0.346. The van der Waals surface area contributed by atoms with Crippen LogP contribution in [0, 0.1) is 0 Å². The average molecular weight is 474 g/mol. The van der Waals surface area contributed by atoms with E-state index >= 15 is 0 Å². The minimum atomic E-state index is 0.190. The number of anilines is 2. The van der Waals surface area contributed by atoms with Crippen LogP contribution in [0.15, 0.2) is 54.9 Å². The summed E-state index contributed by atoms with van der Waals surface area (Å²) in [6.07, 6.45) is 5.76. The highest BCUT2D eigenvalue weighted by Crippen LogP contribution is 2.27. The number of phenols is 1. The monoisotopic (exact) mass is 473 g/mol. The molecule has 0 spiro atoms. The molecule has 0 aliphatic heterocycles. The number of aromatic hydroxyl groups is 1. The van der Waals surface area contributed by atoms with Gasteiger partial charge in [0, 0.05) is 24.2 Å². The number of nitrogens with one attached hydrogen (secondary N) is 2. The molecule has 2 aromatic heterocycles. The molecule has 1 saturated carbocycles. The molecule has 182 valence electrons. The molecule has 1 aliphatic carbocycles. The predicted molar refractivity (Wildman–Crippen MR) is 137 cm³/mol. The third-order valence-electron chi connectivity index (χ3n) is 6.50. The summed E-state index contributed by atoms with van der Waals surface area (Å²) in [7, 11) is 1.60. The Morgan fingerprint density at radius 1 is 1.09 bits per heavy atom. The van der Waals surface area contributed by atoms with Crippen LogP contribution in [0.25, 0.3) is 11.2 Å². The van der Waals surface area contributed by atoms with E-state index < -0.39 is 0 Å². The zero-order valence-electron chi connectivity index (χ0n) is 19.8.